The fraction of sp³-hybridized carbons (Fsp3) is 0.348. The largest absolute Gasteiger partial charge is 0.464 e. The van der Waals surface area contributed by atoms with Gasteiger partial charge in [-0.1, -0.05) is 73.3 Å². The zero-order chi connectivity index (χ0) is 20.9. The maximum Gasteiger partial charge on any atom is 0.345 e. The third kappa shape index (κ3) is 4.39. The van der Waals surface area contributed by atoms with Gasteiger partial charge in [0.15, 0.2) is 0 Å². The molecule has 2 aromatic carbocycles. The Hall–Kier alpha value is -2.17. The molecule has 6 heteroatoms. The summed E-state index contributed by atoms with van der Waals surface area (Å²) in [6.45, 7) is 4.18. The Balaban J connectivity index is 2.02. The number of carbonyl (C=O) groups excluding carboxylic acids is 1. The molecule has 1 atom stereocenters. The van der Waals surface area contributed by atoms with Gasteiger partial charge in [-0.2, -0.15) is 10.2 Å². The average molecular weight is 431 g/mol. The number of rotatable bonds is 8. The van der Waals surface area contributed by atoms with Crippen molar-refractivity contribution in [2.45, 2.75) is 45.1 Å². The Labute approximate surface area is 181 Å². The molecular weight excluding hydrogens is 407 g/mol. The van der Waals surface area contributed by atoms with Crippen LogP contribution in [-0.4, -0.2) is 12.6 Å². The predicted molar refractivity (Wildman–Crippen MR) is 117 cm³/mol. The van der Waals surface area contributed by atoms with Crippen LogP contribution >= 0.6 is 23.2 Å². The first-order valence-electron chi connectivity index (χ1n) is 9.87. The molecule has 152 valence electrons. The van der Waals surface area contributed by atoms with E-state index in [9.17, 15) is 4.79 Å². The third-order valence-corrected chi connectivity index (χ3v) is 5.56. The SMILES string of the molecule is CCCCCc1ccc(C2=CN=NC2(C(=O)OCC)c2ccc(Cl)cc2Cl)cc1. The second-order valence-corrected chi connectivity index (χ2v) is 7.81. The topological polar surface area (TPSA) is 51.0 Å². The van der Waals surface area contributed by atoms with Crippen LogP contribution < -0.4 is 0 Å². The van der Waals surface area contributed by atoms with Gasteiger partial charge in [0, 0.05) is 21.2 Å². The number of benzene rings is 2. The quantitative estimate of drug-likeness (QED) is 0.334. The number of halogens is 2. The van der Waals surface area contributed by atoms with Crippen LogP contribution in [-0.2, 0) is 21.5 Å². The first-order chi connectivity index (χ1) is 14.0. The van der Waals surface area contributed by atoms with Crippen LogP contribution in [0.3, 0.4) is 0 Å². The highest BCUT2D eigenvalue weighted by atomic mass is 35.5. The zero-order valence-corrected chi connectivity index (χ0v) is 18.1. The lowest BCUT2D eigenvalue weighted by molar-refractivity contribution is -0.147. The van der Waals surface area contributed by atoms with Crippen molar-refractivity contribution in [1.29, 1.82) is 0 Å². The van der Waals surface area contributed by atoms with E-state index in [-0.39, 0.29) is 6.61 Å². The zero-order valence-electron chi connectivity index (χ0n) is 16.6. The van der Waals surface area contributed by atoms with Gasteiger partial charge in [-0.25, -0.2) is 4.79 Å². The van der Waals surface area contributed by atoms with E-state index in [1.54, 1.807) is 31.3 Å². The molecule has 0 amide bonds. The first kappa shape index (κ1) is 21.5. The molecule has 2 aromatic rings. The number of nitrogens with zero attached hydrogens (tertiary/aromatic N) is 2. The van der Waals surface area contributed by atoms with Crippen molar-refractivity contribution >= 4 is 34.7 Å². The van der Waals surface area contributed by atoms with E-state index in [1.807, 2.05) is 12.1 Å². The molecule has 0 saturated heterocycles. The lowest BCUT2D eigenvalue weighted by atomic mass is 9.80. The molecule has 3 rings (SSSR count). The van der Waals surface area contributed by atoms with E-state index in [2.05, 4.69) is 29.3 Å². The molecule has 0 aliphatic carbocycles. The molecule has 0 saturated carbocycles. The Morgan fingerprint density at radius 1 is 1.07 bits per heavy atom. The number of unbranched alkanes of at least 4 members (excludes halogenated alkanes) is 2. The lowest BCUT2D eigenvalue weighted by Crippen LogP contribution is -2.36. The van der Waals surface area contributed by atoms with E-state index < -0.39 is 11.5 Å². The number of azo groups is 1. The van der Waals surface area contributed by atoms with Crippen LogP contribution in [0, 0.1) is 0 Å². The second kappa shape index (κ2) is 9.55. The van der Waals surface area contributed by atoms with Gasteiger partial charge < -0.3 is 4.74 Å². The summed E-state index contributed by atoms with van der Waals surface area (Å²) < 4.78 is 5.38. The molecule has 0 bridgehead atoms. The third-order valence-electron chi connectivity index (χ3n) is 5.01. The van der Waals surface area contributed by atoms with Crippen LogP contribution in [0.4, 0.5) is 0 Å². The molecule has 29 heavy (non-hydrogen) atoms. The lowest BCUT2D eigenvalue weighted by Gasteiger charge is -2.27. The summed E-state index contributed by atoms with van der Waals surface area (Å²) >= 11 is 12.5. The molecule has 1 unspecified atom stereocenters. The van der Waals surface area contributed by atoms with Gasteiger partial charge in [0.1, 0.15) is 0 Å². The van der Waals surface area contributed by atoms with Crippen LogP contribution in [0.1, 0.15) is 49.8 Å². The van der Waals surface area contributed by atoms with Crippen LogP contribution in [0.2, 0.25) is 10.0 Å². The highest BCUT2D eigenvalue weighted by Gasteiger charge is 2.50. The summed E-state index contributed by atoms with van der Waals surface area (Å²) in [4.78, 5) is 13.1. The Morgan fingerprint density at radius 3 is 2.48 bits per heavy atom. The van der Waals surface area contributed by atoms with Crippen molar-refractivity contribution in [3.63, 3.8) is 0 Å². The molecule has 4 nitrogen and oxygen atoms in total. The van der Waals surface area contributed by atoms with E-state index >= 15 is 0 Å². The van der Waals surface area contributed by atoms with Crippen molar-refractivity contribution in [1.82, 2.24) is 0 Å². The Morgan fingerprint density at radius 2 is 1.83 bits per heavy atom. The smallest absolute Gasteiger partial charge is 0.345 e. The Kier molecular flexibility index (Phi) is 7.09. The predicted octanol–water partition coefficient (Wildman–Crippen LogP) is 6.99. The number of hydrogen-bond acceptors (Lipinski definition) is 4. The molecule has 0 radical (unpaired) electrons. The monoisotopic (exact) mass is 430 g/mol. The van der Waals surface area contributed by atoms with Crippen molar-refractivity contribution < 1.29 is 9.53 Å². The van der Waals surface area contributed by atoms with Crippen molar-refractivity contribution in [3.8, 4) is 0 Å². The molecule has 0 aromatic heterocycles. The standard InChI is InChI=1S/C23H24Cl2N2O2/c1-3-5-6-7-16-8-10-17(11-9-16)20-15-26-27-23(20,22(28)29-4-2)19-13-12-18(24)14-21(19)25/h8-15H,3-7H2,1-2H3. The number of esters is 1. The number of hydrogen-bond donors (Lipinski definition) is 0. The van der Waals surface area contributed by atoms with Crippen LogP contribution in [0.15, 0.2) is 58.9 Å². The molecule has 1 aliphatic rings. The number of aryl methyl sites for hydroxylation is 1. The summed E-state index contributed by atoms with van der Waals surface area (Å²) in [5.74, 6) is -0.510. The van der Waals surface area contributed by atoms with Gasteiger partial charge in [0.25, 0.3) is 0 Å². The van der Waals surface area contributed by atoms with Gasteiger partial charge in [-0.15, -0.1) is 0 Å². The summed E-state index contributed by atoms with van der Waals surface area (Å²) in [5.41, 5.74) is 1.82. The summed E-state index contributed by atoms with van der Waals surface area (Å²) in [6.07, 6.45) is 6.21. The number of carbonyl (C=O) groups is 1. The minimum absolute atomic E-state index is 0.227. The summed E-state index contributed by atoms with van der Waals surface area (Å²) in [5, 5.41) is 9.23. The second-order valence-electron chi connectivity index (χ2n) is 6.97. The summed E-state index contributed by atoms with van der Waals surface area (Å²) in [6, 6.07) is 13.2. The Bertz CT molecular complexity index is 938. The van der Waals surface area contributed by atoms with E-state index in [1.165, 1.54) is 18.4 Å². The van der Waals surface area contributed by atoms with Gasteiger partial charge in [0.2, 0.25) is 5.54 Å². The molecule has 1 aliphatic heterocycles. The first-order valence-corrected chi connectivity index (χ1v) is 10.6. The highest BCUT2D eigenvalue weighted by molar-refractivity contribution is 6.35. The maximum atomic E-state index is 13.1. The van der Waals surface area contributed by atoms with E-state index in [0.29, 0.717) is 21.2 Å². The van der Waals surface area contributed by atoms with Gasteiger partial charge in [-0.3, -0.25) is 0 Å². The van der Waals surface area contributed by atoms with Crippen LogP contribution in [0.5, 0.6) is 0 Å². The molecule has 0 spiro atoms. The minimum Gasteiger partial charge on any atom is -0.464 e. The fourth-order valence-electron chi connectivity index (χ4n) is 3.51. The maximum absolute atomic E-state index is 13.1. The van der Waals surface area contributed by atoms with Crippen molar-refractivity contribution in [2.24, 2.45) is 10.2 Å². The molecule has 0 N–H and O–H groups in total. The normalized spacial score (nSPS) is 18.0. The fourth-order valence-corrected chi connectivity index (χ4v) is 4.06. The number of ether oxygens (including phenoxy) is 1. The van der Waals surface area contributed by atoms with E-state index in [4.69, 9.17) is 27.9 Å². The molecule has 1 heterocycles. The van der Waals surface area contributed by atoms with E-state index in [0.717, 1.165) is 18.4 Å². The highest BCUT2D eigenvalue weighted by Crippen LogP contribution is 2.47. The molecular formula is C23H24Cl2N2O2. The summed E-state index contributed by atoms with van der Waals surface area (Å²) in [7, 11) is 0. The van der Waals surface area contributed by atoms with Crippen molar-refractivity contribution in [3.05, 3.63) is 75.4 Å². The van der Waals surface area contributed by atoms with Crippen LogP contribution in [0.25, 0.3) is 5.57 Å². The molecule has 0 fully saturated rings. The van der Waals surface area contributed by atoms with Crippen molar-refractivity contribution in [2.75, 3.05) is 6.61 Å². The minimum atomic E-state index is -1.44. The average Bonchev–Trinajstić information content (AvgIpc) is 3.15. The van der Waals surface area contributed by atoms with Gasteiger partial charge >= 0.3 is 5.97 Å². The van der Waals surface area contributed by atoms with Gasteiger partial charge in [-0.05, 0) is 43.0 Å². The van der Waals surface area contributed by atoms with Gasteiger partial charge in [0.05, 0.1) is 12.8 Å².